The van der Waals surface area contributed by atoms with Gasteiger partial charge < -0.3 is 20.9 Å². The second-order valence-electron chi connectivity index (χ2n) is 7.49. The molecular weight excluding hydrogens is 419 g/mol. The first-order valence-electron chi connectivity index (χ1n) is 10.3. The molecule has 2 amide bonds. The Morgan fingerprint density at radius 3 is 2.68 bits per heavy atom. The lowest BCUT2D eigenvalue weighted by Gasteiger charge is -2.26. The van der Waals surface area contributed by atoms with Crippen molar-refractivity contribution in [2.45, 2.75) is 19.3 Å². The smallest absolute Gasteiger partial charge is 0.319 e. The van der Waals surface area contributed by atoms with E-state index in [1.54, 1.807) is 18.2 Å². The van der Waals surface area contributed by atoms with Crippen molar-refractivity contribution >= 4 is 45.7 Å². The number of amides is 2. The van der Waals surface area contributed by atoms with Crippen LogP contribution in [0.15, 0.2) is 42.7 Å². The fraction of sp³-hybridized carbons (Fsp3) is 0.318. The maximum absolute atomic E-state index is 13.4. The van der Waals surface area contributed by atoms with E-state index in [-0.39, 0.29) is 11.1 Å². The molecule has 1 fully saturated rings. The van der Waals surface area contributed by atoms with Gasteiger partial charge in [-0.3, -0.25) is 0 Å². The monoisotopic (exact) mass is 442 g/mol. The SMILES string of the molecule is O=C(NCCN1CCCCC1)Nc1ccc2ncnc(Nc3ccc(F)c(Cl)c3)c2c1. The Labute approximate surface area is 185 Å². The van der Waals surface area contributed by atoms with Crippen LogP contribution in [-0.4, -0.2) is 47.1 Å². The highest BCUT2D eigenvalue weighted by Gasteiger charge is 2.11. The molecule has 2 heterocycles. The van der Waals surface area contributed by atoms with E-state index < -0.39 is 5.82 Å². The first-order valence-corrected chi connectivity index (χ1v) is 10.7. The number of rotatable bonds is 6. The van der Waals surface area contributed by atoms with Crippen LogP contribution in [0.25, 0.3) is 10.9 Å². The van der Waals surface area contributed by atoms with Gasteiger partial charge in [-0.25, -0.2) is 19.2 Å². The summed E-state index contributed by atoms with van der Waals surface area (Å²) in [6.45, 7) is 3.65. The first kappa shape index (κ1) is 21.3. The van der Waals surface area contributed by atoms with E-state index >= 15 is 0 Å². The lowest BCUT2D eigenvalue weighted by molar-refractivity contribution is 0.224. The Hall–Kier alpha value is -2.97. The van der Waals surface area contributed by atoms with Gasteiger partial charge in [0.05, 0.1) is 10.5 Å². The van der Waals surface area contributed by atoms with Crippen molar-refractivity contribution in [3.63, 3.8) is 0 Å². The zero-order chi connectivity index (χ0) is 21.6. The molecule has 162 valence electrons. The molecule has 0 aliphatic carbocycles. The summed E-state index contributed by atoms with van der Waals surface area (Å²) in [7, 11) is 0. The van der Waals surface area contributed by atoms with Crippen LogP contribution >= 0.6 is 11.6 Å². The Balaban J connectivity index is 1.42. The summed E-state index contributed by atoms with van der Waals surface area (Å²) in [5.41, 5.74) is 1.93. The topological polar surface area (TPSA) is 82.2 Å². The average Bonchev–Trinajstić information content (AvgIpc) is 2.77. The summed E-state index contributed by atoms with van der Waals surface area (Å²) in [6.07, 6.45) is 5.19. The van der Waals surface area contributed by atoms with Crippen LogP contribution in [0.5, 0.6) is 0 Å². The molecule has 0 spiro atoms. The second kappa shape index (κ2) is 9.89. The lowest BCUT2D eigenvalue weighted by Crippen LogP contribution is -2.39. The number of hydrogen-bond acceptors (Lipinski definition) is 5. The van der Waals surface area contributed by atoms with Gasteiger partial charge in [0, 0.05) is 29.9 Å². The van der Waals surface area contributed by atoms with Crippen molar-refractivity contribution in [1.82, 2.24) is 20.2 Å². The molecule has 0 unspecified atom stereocenters. The minimum absolute atomic E-state index is 0.0203. The maximum atomic E-state index is 13.4. The number of urea groups is 1. The summed E-state index contributed by atoms with van der Waals surface area (Å²) < 4.78 is 13.4. The van der Waals surface area contributed by atoms with Crippen LogP contribution in [0, 0.1) is 5.82 Å². The Morgan fingerprint density at radius 2 is 1.87 bits per heavy atom. The van der Waals surface area contributed by atoms with Gasteiger partial charge in [0.15, 0.2) is 0 Å². The summed E-state index contributed by atoms with van der Waals surface area (Å²) in [6, 6.07) is 9.49. The van der Waals surface area contributed by atoms with Crippen LogP contribution in [0.1, 0.15) is 19.3 Å². The van der Waals surface area contributed by atoms with Gasteiger partial charge in [-0.15, -0.1) is 0 Å². The standard InChI is InChI=1S/C22H24ClFN6O/c23-18-13-16(4-6-19(18)24)28-21-17-12-15(5-7-20(17)26-14-27-21)29-22(31)25-8-11-30-9-2-1-3-10-30/h4-7,12-14H,1-3,8-11H2,(H2,25,29,31)(H,26,27,28). The molecule has 1 aromatic heterocycles. The molecule has 9 heteroatoms. The average molecular weight is 443 g/mol. The largest absolute Gasteiger partial charge is 0.340 e. The molecule has 31 heavy (non-hydrogen) atoms. The third kappa shape index (κ3) is 5.59. The number of anilines is 3. The number of hydrogen-bond donors (Lipinski definition) is 3. The summed E-state index contributed by atoms with van der Waals surface area (Å²) in [4.78, 5) is 23.2. The normalized spacial score (nSPS) is 14.4. The fourth-order valence-corrected chi connectivity index (χ4v) is 3.81. The molecule has 3 N–H and O–H groups in total. The zero-order valence-corrected chi connectivity index (χ0v) is 17.8. The number of halogens is 2. The molecule has 1 saturated heterocycles. The van der Waals surface area contributed by atoms with Crippen molar-refractivity contribution in [2.24, 2.45) is 0 Å². The van der Waals surface area contributed by atoms with Crippen molar-refractivity contribution in [1.29, 1.82) is 0 Å². The van der Waals surface area contributed by atoms with E-state index in [2.05, 4.69) is 30.8 Å². The molecule has 0 atom stereocenters. The van der Waals surface area contributed by atoms with Gasteiger partial charge in [-0.2, -0.15) is 0 Å². The number of fused-ring (bicyclic) bond motifs is 1. The molecule has 0 bridgehead atoms. The van der Waals surface area contributed by atoms with E-state index in [1.807, 2.05) is 6.07 Å². The van der Waals surface area contributed by atoms with E-state index in [9.17, 15) is 9.18 Å². The van der Waals surface area contributed by atoms with Crippen LogP contribution in [0.2, 0.25) is 5.02 Å². The second-order valence-corrected chi connectivity index (χ2v) is 7.90. The minimum atomic E-state index is -0.488. The summed E-state index contributed by atoms with van der Waals surface area (Å²) >= 11 is 5.87. The van der Waals surface area contributed by atoms with Crippen LogP contribution < -0.4 is 16.0 Å². The molecule has 0 saturated carbocycles. The third-order valence-corrected chi connectivity index (χ3v) is 5.53. The van der Waals surface area contributed by atoms with Crippen LogP contribution in [0.3, 0.4) is 0 Å². The molecule has 3 aromatic rings. The zero-order valence-electron chi connectivity index (χ0n) is 17.0. The van der Waals surface area contributed by atoms with E-state index in [0.29, 0.717) is 34.6 Å². The van der Waals surface area contributed by atoms with E-state index in [4.69, 9.17) is 11.6 Å². The van der Waals surface area contributed by atoms with Crippen molar-refractivity contribution in [3.8, 4) is 0 Å². The molecular formula is C22H24ClFN6O. The quantitative estimate of drug-likeness (QED) is 0.512. The van der Waals surface area contributed by atoms with Crippen molar-refractivity contribution in [3.05, 3.63) is 53.6 Å². The molecule has 2 aromatic carbocycles. The summed E-state index contributed by atoms with van der Waals surface area (Å²) in [5.74, 6) is 0.0411. The van der Waals surface area contributed by atoms with Crippen molar-refractivity contribution in [2.75, 3.05) is 36.8 Å². The number of benzene rings is 2. The Bertz CT molecular complexity index is 1070. The predicted octanol–water partition coefficient (Wildman–Crippen LogP) is 4.77. The lowest BCUT2D eigenvalue weighted by atomic mass is 10.1. The van der Waals surface area contributed by atoms with E-state index in [1.165, 1.54) is 37.7 Å². The number of aromatic nitrogens is 2. The molecule has 1 aliphatic heterocycles. The molecule has 4 rings (SSSR count). The van der Waals surface area contributed by atoms with Gasteiger partial charge in [0.1, 0.15) is 18.0 Å². The number of likely N-dealkylation sites (tertiary alicyclic amines) is 1. The number of piperidine rings is 1. The highest BCUT2D eigenvalue weighted by Crippen LogP contribution is 2.27. The number of nitrogens with zero attached hydrogens (tertiary/aromatic N) is 3. The van der Waals surface area contributed by atoms with Gasteiger partial charge >= 0.3 is 6.03 Å². The van der Waals surface area contributed by atoms with Gasteiger partial charge in [0.25, 0.3) is 0 Å². The minimum Gasteiger partial charge on any atom is -0.340 e. The van der Waals surface area contributed by atoms with E-state index in [0.717, 1.165) is 19.6 Å². The molecule has 7 nitrogen and oxygen atoms in total. The number of carbonyl (C=O) groups excluding carboxylic acids is 1. The highest BCUT2D eigenvalue weighted by atomic mass is 35.5. The van der Waals surface area contributed by atoms with Crippen LogP contribution in [-0.2, 0) is 0 Å². The molecule has 1 aliphatic rings. The maximum Gasteiger partial charge on any atom is 0.319 e. The number of nitrogens with one attached hydrogen (secondary N) is 3. The number of carbonyl (C=O) groups is 1. The fourth-order valence-electron chi connectivity index (χ4n) is 3.63. The molecule has 0 radical (unpaired) electrons. The Kier molecular flexibility index (Phi) is 6.79. The summed E-state index contributed by atoms with van der Waals surface area (Å²) in [5, 5.41) is 9.63. The predicted molar refractivity (Wildman–Crippen MR) is 122 cm³/mol. The van der Waals surface area contributed by atoms with Gasteiger partial charge in [-0.05, 0) is 62.3 Å². The highest BCUT2D eigenvalue weighted by molar-refractivity contribution is 6.31. The van der Waals surface area contributed by atoms with Gasteiger partial charge in [-0.1, -0.05) is 18.0 Å². The third-order valence-electron chi connectivity index (χ3n) is 5.24. The Morgan fingerprint density at radius 1 is 1.06 bits per heavy atom. The van der Waals surface area contributed by atoms with Crippen LogP contribution in [0.4, 0.5) is 26.4 Å². The van der Waals surface area contributed by atoms with Gasteiger partial charge in [0.2, 0.25) is 0 Å². The van der Waals surface area contributed by atoms with Crippen molar-refractivity contribution < 1.29 is 9.18 Å². The first-order chi connectivity index (χ1) is 15.1.